The van der Waals surface area contributed by atoms with E-state index >= 15 is 0 Å². The number of carbonyl (C=O) groups is 1. The molecule has 5 N–H and O–H groups in total. The smallest absolute Gasteiger partial charge is 0.269 e. The van der Waals surface area contributed by atoms with E-state index in [9.17, 15) is 18.4 Å². The molecule has 4 rings (SSSR count). The standard InChI is InChI=1S/C20H17F2N7O2/c1-23-19-17(11-3-5-16(30)24-9-11)18(28-29-19)14-7-15(27-26-14)20(31)25-8-10-2-4-12(21)13(22)6-10/h2-7,9H,8H2,1H3,(H,24,30)(H,25,31)(H,26,27)(H2,23,28,29). The first kappa shape index (κ1) is 20.0. The molecule has 0 unspecified atom stereocenters. The predicted octanol–water partition coefficient (Wildman–Crippen LogP) is 2.41. The van der Waals surface area contributed by atoms with Crippen LogP contribution in [0.15, 0.2) is 47.4 Å². The third kappa shape index (κ3) is 4.06. The number of aromatic nitrogens is 5. The van der Waals surface area contributed by atoms with E-state index in [1.54, 1.807) is 19.3 Å². The number of amides is 1. The molecule has 0 aliphatic carbocycles. The van der Waals surface area contributed by atoms with Crippen LogP contribution >= 0.6 is 0 Å². The lowest BCUT2D eigenvalue weighted by atomic mass is 10.1. The summed E-state index contributed by atoms with van der Waals surface area (Å²) < 4.78 is 26.3. The van der Waals surface area contributed by atoms with Crippen LogP contribution in [0, 0.1) is 11.6 Å². The largest absolute Gasteiger partial charge is 0.371 e. The van der Waals surface area contributed by atoms with Crippen molar-refractivity contribution < 1.29 is 13.6 Å². The van der Waals surface area contributed by atoms with Gasteiger partial charge in [0.1, 0.15) is 11.4 Å². The second-order valence-electron chi connectivity index (χ2n) is 6.61. The van der Waals surface area contributed by atoms with Crippen molar-refractivity contribution in [3.8, 4) is 22.5 Å². The van der Waals surface area contributed by atoms with Gasteiger partial charge in [0.15, 0.2) is 17.5 Å². The van der Waals surface area contributed by atoms with Gasteiger partial charge in [0, 0.05) is 31.4 Å². The summed E-state index contributed by atoms with van der Waals surface area (Å²) in [5, 5.41) is 19.5. The van der Waals surface area contributed by atoms with Crippen molar-refractivity contribution in [2.45, 2.75) is 6.54 Å². The van der Waals surface area contributed by atoms with Gasteiger partial charge in [-0.2, -0.15) is 10.2 Å². The zero-order chi connectivity index (χ0) is 22.0. The zero-order valence-electron chi connectivity index (χ0n) is 16.2. The van der Waals surface area contributed by atoms with Gasteiger partial charge in [0.2, 0.25) is 5.56 Å². The summed E-state index contributed by atoms with van der Waals surface area (Å²) in [6.07, 6.45) is 1.56. The summed E-state index contributed by atoms with van der Waals surface area (Å²) in [6, 6.07) is 7.99. The van der Waals surface area contributed by atoms with Crippen LogP contribution in [0.1, 0.15) is 16.1 Å². The number of anilines is 1. The van der Waals surface area contributed by atoms with E-state index in [1.807, 2.05) is 0 Å². The first-order valence-corrected chi connectivity index (χ1v) is 9.19. The van der Waals surface area contributed by atoms with Crippen LogP contribution in [0.3, 0.4) is 0 Å². The number of hydrogen-bond acceptors (Lipinski definition) is 5. The Morgan fingerprint density at radius 1 is 1.06 bits per heavy atom. The number of hydrogen-bond donors (Lipinski definition) is 5. The second-order valence-corrected chi connectivity index (χ2v) is 6.61. The van der Waals surface area contributed by atoms with E-state index in [2.05, 4.69) is 36.0 Å². The third-order valence-corrected chi connectivity index (χ3v) is 4.59. The molecule has 0 atom stereocenters. The first-order valence-electron chi connectivity index (χ1n) is 9.19. The van der Waals surface area contributed by atoms with Crippen LogP contribution in [-0.4, -0.2) is 38.3 Å². The Morgan fingerprint density at radius 2 is 1.90 bits per heavy atom. The molecule has 0 saturated carbocycles. The molecule has 3 heterocycles. The fraction of sp³-hybridized carbons (Fsp3) is 0.100. The maximum Gasteiger partial charge on any atom is 0.269 e. The number of nitrogens with one attached hydrogen (secondary N) is 5. The van der Waals surface area contributed by atoms with Gasteiger partial charge < -0.3 is 15.6 Å². The molecule has 0 aliphatic heterocycles. The number of pyridine rings is 1. The van der Waals surface area contributed by atoms with Gasteiger partial charge in [-0.1, -0.05) is 6.07 Å². The van der Waals surface area contributed by atoms with Crippen molar-refractivity contribution in [1.82, 2.24) is 30.7 Å². The summed E-state index contributed by atoms with van der Waals surface area (Å²) in [5.74, 6) is -1.87. The lowest BCUT2D eigenvalue weighted by molar-refractivity contribution is 0.0946. The highest BCUT2D eigenvalue weighted by molar-refractivity contribution is 5.94. The Morgan fingerprint density at radius 3 is 2.61 bits per heavy atom. The Bertz CT molecular complexity index is 1290. The van der Waals surface area contributed by atoms with Gasteiger partial charge in [-0.05, 0) is 29.8 Å². The fourth-order valence-corrected chi connectivity index (χ4v) is 3.05. The molecular formula is C20H17F2N7O2. The van der Waals surface area contributed by atoms with Crippen molar-refractivity contribution in [2.24, 2.45) is 0 Å². The molecule has 31 heavy (non-hydrogen) atoms. The molecule has 0 spiro atoms. The molecule has 9 nitrogen and oxygen atoms in total. The lowest BCUT2D eigenvalue weighted by Crippen LogP contribution is -2.23. The van der Waals surface area contributed by atoms with Gasteiger partial charge in [-0.25, -0.2) is 8.78 Å². The quantitative estimate of drug-likeness (QED) is 0.324. The summed E-state index contributed by atoms with van der Waals surface area (Å²) in [4.78, 5) is 26.4. The van der Waals surface area contributed by atoms with Crippen LogP contribution in [0.5, 0.6) is 0 Å². The summed E-state index contributed by atoms with van der Waals surface area (Å²) >= 11 is 0. The SMILES string of the molecule is CNc1n[nH]c(-c2cc(C(=O)NCc3ccc(F)c(F)c3)[nH]n2)c1-c1ccc(=O)[nH]c1. The summed E-state index contributed by atoms with van der Waals surface area (Å²) in [7, 11) is 1.71. The van der Waals surface area contributed by atoms with E-state index < -0.39 is 17.5 Å². The zero-order valence-corrected chi connectivity index (χ0v) is 16.2. The molecule has 0 fully saturated rings. The number of benzene rings is 1. The minimum Gasteiger partial charge on any atom is -0.371 e. The monoisotopic (exact) mass is 425 g/mol. The highest BCUT2D eigenvalue weighted by Gasteiger charge is 2.20. The van der Waals surface area contributed by atoms with Gasteiger partial charge in [0.05, 0.1) is 11.3 Å². The van der Waals surface area contributed by atoms with Gasteiger partial charge in [0.25, 0.3) is 5.91 Å². The number of nitrogens with zero attached hydrogens (tertiary/aromatic N) is 2. The van der Waals surface area contributed by atoms with Crippen LogP contribution in [0.2, 0.25) is 0 Å². The van der Waals surface area contributed by atoms with Crippen LogP contribution in [0.25, 0.3) is 22.5 Å². The molecule has 1 aromatic carbocycles. The van der Waals surface area contributed by atoms with Crippen molar-refractivity contribution in [1.29, 1.82) is 0 Å². The number of halogens is 2. The highest BCUT2D eigenvalue weighted by atomic mass is 19.2. The predicted molar refractivity (Wildman–Crippen MR) is 109 cm³/mol. The minimum atomic E-state index is -0.982. The molecule has 1 amide bonds. The van der Waals surface area contributed by atoms with Gasteiger partial charge in [-0.15, -0.1) is 0 Å². The Labute approximate surface area is 173 Å². The Hall–Kier alpha value is -4.28. The number of H-pyrrole nitrogens is 3. The van der Waals surface area contributed by atoms with E-state index in [4.69, 9.17) is 0 Å². The first-order chi connectivity index (χ1) is 15.0. The minimum absolute atomic E-state index is 0.0149. The second kappa shape index (κ2) is 8.22. The van der Waals surface area contributed by atoms with Crippen LogP contribution in [-0.2, 0) is 6.54 Å². The fourth-order valence-electron chi connectivity index (χ4n) is 3.05. The maximum atomic E-state index is 13.3. The van der Waals surface area contributed by atoms with Crippen LogP contribution < -0.4 is 16.2 Å². The van der Waals surface area contributed by atoms with Gasteiger partial charge >= 0.3 is 0 Å². The normalized spacial score (nSPS) is 10.8. The lowest BCUT2D eigenvalue weighted by Gasteiger charge is -2.04. The number of carbonyl (C=O) groups excluding carboxylic acids is 1. The van der Waals surface area contributed by atoms with Crippen molar-refractivity contribution in [3.05, 3.63) is 75.8 Å². The van der Waals surface area contributed by atoms with E-state index in [0.29, 0.717) is 33.9 Å². The molecule has 0 aliphatic rings. The van der Waals surface area contributed by atoms with Crippen molar-refractivity contribution in [3.63, 3.8) is 0 Å². The molecule has 0 saturated heterocycles. The van der Waals surface area contributed by atoms with Crippen LogP contribution in [0.4, 0.5) is 14.6 Å². The summed E-state index contributed by atoms with van der Waals surface area (Å²) in [5.41, 5.74) is 2.67. The van der Waals surface area contributed by atoms with Crippen molar-refractivity contribution >= 4 is 11.7 Å². The van der Waals surface area contributed by atoms with Gasteiger partial charge in [-0.3, -0.25) is 19.8 Å². The third-order valence-electron chi connectivity index (χ3n) is 4.59. The molecule has 3 aromatic heterocycles. The van der Waals surface area contributed by atoms with E-state index in [-0.39, 0.29) is 17.8 Å². The molecule has 0 radical (unpaired) electrons. The molecule has 158 valence electrons. The molecule has 4 aromatic rings. The number of rotatable bonds is 6. The molecule has 0 bridgehead atoms. The highest BCUT2D eigenvalue weighted by Crippen LogP contribution is 2.34. The number of aromatic amines is 3. The van der Waals surface area contributed by atoms with E-state index in [1.165, 1.54) is 18.2 Å². The average Bonchev–Trinajstić information content (AvgIpc) is 3.42. The van der Waals surface area contributed by atoms with Crippen molar-refractivity contribution in [2.75, 3.05) is 12.4 Å². The Kier molecular flexibility index (Phi) is 5.31. The summed E-state index contributed by atoms with van der Waals surface area (Å²) in [6.45, 7) is 0.0149. The molecular weight excluding hydrogens is 408 g/mol. The van der Waals surface area contributed by atoms with E-state index in [0.717, 1.165) is 12.1 Å². The maximum absolute atomic E-state index is 13.3. The molecule has 11 heteroatoms. The Balaban J connectivity index is 1.56. The average molecular weight is 425 g/mol. The topological polar surface area (TPSA) is 131 Å².